The zero-order valence-electron chi connectivity index (χ0n) is 5.96. The van der Waals surface area contributed by atoms with E-state index < -0.39 is 0 Å². The normalized spacial score (nSPS) is 10.5. The van der Waals surface area contributed by atoms with Crippen LogP contribution in [0, 0.1) is 0 Å². The number of fused-ring (bicyclic) bond motifs is 1. The highest BCUT2D eigenvalue weighted by Crippen LogP contribution is 2.26. The molecule has 12 heavy (non-hydrogen) atoms. The van der Waals surface area contributed by atoms with Crippen LogP contribution in [0.5, 0.6) is 0 Å². The predicted molar refractivity (Wildman–Crippen MR) is 54.9 cm³/mol. The lowest BCUT2D eigenvalue weighted by Gasteiger charge is -1.98. The third-order valence-electron chi connectivity index (χ3n) is 1.55. The first-order valence-electron chi connectivity index (χ1n) is 3.32. The molecule has 60 valence electrons. The predicted octanol–water partition coefficient (Wildman–Crippen LogP) is 3.15. The largest absolute Gasteiger partial charge is 0.244 e. The fourth-order valence-corrected chi connectivity index (χ4v) is 1.67. The molecule has 0 saturated heterocycles. The van der Waals surface area contributed by atoms with E-state index in [4.69, 9.17) is 0 Å². The molecule has 4 heteroatoms. The summed E-state index contributed by atoms with van der Waals surface area (Å²) in [5.74, 6) is 0. The van der Waals surface area contributed by atoms with Gasteiger partial charge in [-0.15, -0.1) is 0 Å². The number of halogens is 2. The minimum absolute atomic E-state index is 0.945. The quantitative estimate of drug-likeness (QED) is 0.744. The summed E-state index contributed by atoms with van der Waals surface area (Å²) in [4.78, 5) is 8.06. The zero-order valence-corrected chi connectivity index (χ0v) is 9.13. The zero-order chi connectivity index (χ0) is 8.55. The van der Waals surface area contributed by atoms with Crippen LogP contribution in [0.1, 0.15) is 0 Å². The Hall–Kier alpha value is -0.480. The molecule has 0 spiro atoms. The van der Waals surface area contributed by atoms with Crippen LogP contribution in [-0.4, -0.2) is 9.97 Å². The molecular formula is C8H4Br2N2. The topological polar surface area (TPSA) is 25.8 Å². The molecule has 1 heterocycles. The number of hydrogen-bond donors (Lipinski definition) is 0. The standard InChI is InChI=1S/C8H4Br2N2/c9-6-1-5-3-11-4-12-8(5)2-7(6)10/h1-4H. The summed E-state index contributed by atoms with van der Waals surface area (Å²) in [5, 5.41) is 1.03. The first kappa shape index (κ1) is 8.13. The SMILES string of the molecule is Brc1cc2cncnc2cc1Br. The van der Waals surface area contributed by atoms with E-state index in [1.54, 1.807) is 12.5 Å². The first-order valence-corrected chi connectivity index (χ1v) is 4.91. The summed E-state index contributed by atoms with van der Waals surface area (Å²) in [6.45, 7) is 0. The molecule has 2 nitrogen and oxygen atoms in total. The van der Waals surface area contributed by atoms with Crippen LogP contribution in [0.2, 0.25) is 0 Å². The average Bonchev–Trinajstić information content (AvgIpc) is 2.07. The maximum Gasteiger partial charge on any atom is 0.116 e. The van der Waals surface area contributed by atoms with Crippen LogP contribution in [0.25, 0.3) is 10.9 Å². The van der Waals surface area contributed by atoms with Crippen molar-refractivity contribution in [1.82, 2.24) is 9.97 Å². The van der Waals surface area contributed by atoms with Crippen LogP contribution in [0.4, 0.5) is 0 Å². The van der Waals surface area contributed by atoms with Gasteiger partial charge >= 0.3 is 0 Å². The fourth-order valence-electron chi connectivity index (χ4n) is 0.976. The Bertz CT molecular complexity index is 388. The molecule has 0 unspecified atom stereocenters. The third kappa shape index (κ3) is 1.36. The lowest BCUT2D eigenvalue weighted by Crippen LogP contribution is -1.81. The lowest BCUT2D eigenvalue weighted by atomic mass is 10.2. The molecule has 0 atom stereocenters. The second-order valence-corrected chi connectivity index (χ2v) is 4.06. The highest BCUT2D eigenvalue weighted by Gasteiger charge is 1.99. The number of benzene rings is 1. The van der Waals surface area contributed by atoms with Gasteiger partial charge in [-0.3, -0.25) is 0 Å². The molecule has 0 saturated carbocycles. The summed E-state index contributed by atoms with van der Waals surface area (Å²) in [5.41, 5.74) is 0.945. The average molecular weight is 288 g/mol. The smallest absolute Gasteiger partial charge is 0.116 e. The van der Waals surface area contributed by atoms with Gasteiger partial charge in [-0.1, -0.05) is 0 Å². The van der Waals surface area contributed by atoms with Gasteiger partial charge in [0.1, 0.15) is 6.33 Å². The summed E-state index contributed by atoms with van der Waals surface area (Å²) >= 11 is 6.82. The summed E-state index contributed by atoms with van der Waals surface area (Å²) in [6, 6.07) is 3.94. The molecule has 0 bridgehead atoms. The molecule has 0 fully saturated rings. The Morgan fingerprint density at radius 2 is 1.83 bits per heavy atom. The summed E-state index contributed by atoms with van der Waals surface area (Å²) in [6.07, 6.45) is 3.34. The molecular weight excluding hydrogens is 284 g/mol. The lowest BCUT2D eigenvalue weighted by molar-refractivity contribution is 1.22. The van der Waals surface area contributed by atoms with E-state index in [9.17, 15) is 0 Å². The van der Waals surface area contributed by atoms with Crippen molar-refractivity contribution in [2.75, 3.05) is 0 Å². The first-order chi connectivity index (χ1) is 5.77. The summed E-state index contributed by atoms with van der Waals surface area (Å²) in [7, 11) is 0. The van der Waals surface area contributed by atoms with E-state index in [-0.39, 0.29) is 0 Å². The second kappa shape index (κ2) is 3.11. The maximum absolute atomic E-state index is 4.12. The molecule has 0 aliphatic heterocycles. The molecule has 2 aromatic rings. The van der Waals surface area contributed by atoms with Gasteiger partial charge in [-0.05, 0) is 44.0 Å². The van der Waals surface area contributed by atoms with Crippen molar-refractivity contribution >= 4 is 42.8 Å². The highest BCUT2D eigenvalue weighted by molar-refractivity contribution is 9.13. The van der Waals surface area contributed by atoms with Crippen molar-refractivity contribution in [1.29, 1.82) is 0 Å². The number of nitrogens with zero attached hydrogens (tertiary/aromatic N) is 2. The van der Waals surface area contributed by atoms with Crippen molar-refractivity contribution in [2.45, 2.75) is 0 Å². The van der Waals surface area contributed by atoms with Gasteiger partial charge in [-0.25, -0.2) is 9.97 Å². The van der Waals surface area contributed by atoms with Crippen molar-refractivity contribution in [3.8, 4) is 0 Å². The monoisotopic (exact) mass is 286 g/mol. The Morgan fingerprint density at radius 1 is 1.08 bits per heavy atom. The molecule has 0 aliphatic carbocycles. The Kier molecular flexibility index (Phi) is 2.11. The van der Waals surface area contributed by atoms with Gasteiger partial charge in [0.2, 0.25) is 0 Å². The Morgan fingerprint density at radius 3 is 2.67 bits per heavy atom. The van der Waals surface area contributed by atoms with Gasteiger partial charge in [0.25, 0.3) is 0 Å². The highest BCUT2D eigenvalue weighted by atomic mass is 79.9. The van der Waals surface area contributed by atoms with Crippen LogP contribution in [0.3, 0.4) is 0 Å². The van der Waals surface area contributed by atoms with E-state index in [2.05, 4.69) is 41.8 Å². The van der Waals surface area contributed by atoms with Gasteiger partial charge in [-0.2, -0.15) is 0 Å². The molecule has 0 N–H and O–H groups in total. The minimum atomic E-state index is 0.945. The Labute approximate surface area is 86.3 Å². The number of hydrogen-bond acceptors (Lipinski definition) is 2. The molecule has 0 radical (unpaired) electrons. The van der Waals surface area contributed by atoms with E-state index in [1.165, 1.54) is 0 Å². The van der Waals surface area contributed by atoms with E-state index in [1.807, 2.05) is 12.1 Å². The minimum Gasteiger partial charge on any atom is -0.244 e. The van der Waals surface area contributed by atoms with E-state index in [0.717, 1.165) is 19.8 Å². The molecule has 0 amide bonds. The molecule has 1 aromatic carbocycles. The fraction of sp³-hybridized carbons (Fsp3) is 0. The third-order valence-corrected chi connectivity index (χ3v) is 3.39. The van der Waals surface area contributed by atoms with Crippen LogP contribution >= 0.6 is 31.9 Å². The molecule has 1 aromatic heterocycles. The van der Waals surface area contributed by atoms with Crippen molar-refractivity contribution in [3.05, 3.63) is 33.6 Å². The van der Waals surface area contributed by atoms with Crippen molar-refractivity contribution < 1.29 is 0 Å². The maximum atomic E-state index is 4.12. The van der Waals surface area contributed by atoms with Crippen LogP contribution in [-0.2, 0) is 0 Å². The van der Waals surface area contributed by atoms with Gasteiger partial charge in [0, 0.05) is 20.5 Å². The van der Waals surface area contributed by atoms with Gasteiger partial charge in [0.15, 0.2) is 0 Å². The second-order valence-electron chi connectivity index (χ2n) is 2.35. The molecule has 0 aliphatic rings. The Balaban J connectivity index is 2.84. The van der Waals surface area contributed by atoms with Crippen LogP contribution in [0.15, 0.2) is 33.6 Å². The van der Waals surface area contributed by atoms with Crippen molar-refractivity contribution in [3.63, 3.8) is 0 Å². The van der Waals surface area contributed by atoms with E-state index >= 15 is 0 Å². The number of aromatic nitrogens is 2. The van der Waals surface area contributed by atoms with E-state index in [0.29, 0.717) is 0 Å². The van der Waals surface area contributed by atoms with Gasteiger partial charge in [0.05, 0.1) is 5.52 Å². The molecule has 2 rings (SSSR count). The van der Waals surface area contributed by atoms with Crippen LogP contribution < -0.4 is 0 Å². The number of rotatable bonds is 0. The summed E-state index contributed by atoms with van der Waals surface area (Å²) < 4.78 is 2.03. The van der Waals surface area contributed by atoms with Crippen molar-refractivity contribution in [2.24, 2.45) is 0 Å². The van der Waals surface area contributed by atoms with Gasteiger partial charge < -0.3 is 0 Å².